The molecule has 2 nitrogen and oxygen atoms in total. The lowest BCUT2D eigenvalue weighted by molar-refractivity contribution is 0.775. The summed E-state index contributed by atoms with van der Waals surface area (Å²) >= 11 is 3.47. The molecule has 1 aromatic carbocycles. The lowest BCUT2D eigenvalue weighted by Crippen LogP contribution is -1.94. The van der Waals surface area contributed by atoms with Crippen molar-refractivity contribution in [3.8, 4) is 11.3 Å². The van der Waals surface area contributed by atoms with Gasteiger partial charge in [-0.15, -0.1) is 0 Å². The van der Waals surface area contributed by atoms with E-state index in [1.807, 2.05) is 30.1 Å². The van der Waals surface area contributed by atoms with E-state index < -0.39 is 0 Å². The molecule has 0 aliphatic carbocycles. The monoisotopic (exact) mass is 250 g/mol. The van der Waals surface area contributed by atoms with E-state index in [2.05, 4.69) is 40.1 Å². The number of aromatic nitrogens is 2. The third kappa shape index (κ3) is 1.60. The number of benzene rings is 1. The number of aryl methyl sites for hydroxylation is 2. The van der Waals surface area contributed by atoms with Crippen LogP contribution in [0.4, 0.5) is 0 Å². The standard InChI is InChI=1S/C11H11BrN2/c1-8-7-13-14(2)11(8)9-4-3-5-10(12)6-9/h3-7H,1-2H3. The highest BCUT2D eigenvalue weighted by atomic mass is 79.9. The van der Waals surface area contributed by atoms with Gasteiger partial charge in [0.25, 0.3) is 0 Å². The van der Waals surface area contributed by atoms with Crippen molar-refractivity contribution in [3.05, 3.63) is 40.5 Å². The van der Waals surface area contributed by atoms with Crippen molar-refractivity contribution in [1.29, 1.82) is 0 Å². The molecular weight excluding hydrogens is 240 g/mol. The number of nitrogens with zero attached hydrogens (tertiary/aromatic N) is 2. The van der Waals surface area contributed by atoms with Crippen LogP contribution in [0.5, 0.6) is 0 Å². The summed E-state index contributed by atoms with van der Waals surface area (Å²) in [5, 5.41) is 4.22. The largest absolute Gasteiger partial charge is 0.268 e. The molecule has 0 fully saturated rings. The molecule has 0 bridgehead atoms. The van der Waals surface area contributed by atoms with Crippen LogP contribution in [-0.4, -0.2) is 9.78 Å². The van der Waals surface area contributed by atoms with Crippen molar-refractivity contribution < 1.29 is 0 Å². The first-order valence-corrected chi connectivity index (χ1v) is 5.22. The Kier molecular flexibility index (Phi) is 2.42. The van der Waals surface area contributed by atoms with Gasteiger partial charge in [-0.25, -0.2) is 0 Å². The lowest BCUT2D eigenvalue weighted by atomic mass is 10.1. The van der Waals surface area contributed by atoms with Gasteiger partial charge < -0.3 is 0 Å². The summed E-state index contributed by atoms with van der Waals surface area (Å²) in [7, 11) is 1.96. The van der Waals surface area contributed by atoms with Crippen LogP contribution in [0.2, 0.25) is 0 Å². The van der Waals surface area contributed by atoms with E-state index in [-0.39, 0.29) is 0 Å². The number of hydrogen-bond donors (Lipinski definition) is 0. The highest BCUT2D eigenvalue weighted by molar-refractivity contribution is 9.10. The zero-order valence-corrected chi connectivity index (χ0v) is 9.75. The van der Waals surface area contributed by atoms with Gasteiger partial charge >= 0.3 is 0 Å². The van der Waals surface area contributed by atoms with Crippen LogP contribution in [0.3, 0.4) is 0 Å². The second-order valence-corrected chi connectivity index (χ2v) is 4.23. The lowest BCUT2D eigenvalue weighted by Gasteiger charge is -2.04. The SMILES string of the molecule is Cc1cnn(C)c1-c1cccc(Br)c1. The molecule has 3 heteroatoms. The van der Waals surface area contributed by atoms with E-state index in [1.165, 1.54) is 16.8 Å². The fourth-order valence-corrected chi connectivity index (χ4v) is 2.00. The molecule has 1 heterocycles. The molecule has 14 heavy (non-hydrogen) atoms. The van der Waals surface area contributed by atoms with Gasteiger partial charge in [0.15, 0.2) is 0 Å². The third-order valence-electron chi connectivity index (χ3n) is 2.22. The molecule has 2 aromatic rings. The molecule has 0 spiro atoms. The summed E-state index contributed by atoms with van der Waals surface area (Å²) in [6.07, 6.45) is 1.89. The van der Waals surface area contributed by atoms with Crippen molar-refractivity contribution >= 4 is 15.9 Å². The molecule has 0 saturated heterocycles. The quantitative estimate of drug-likeness (QED) is 0.761. The highest BCUT2D eigenvalue weighted by Gasteiger charge is 2.06. The predicted molar refractivity (Wildman–Crippen MR) is 61.1 cm³/mol. The smallest absolute Gasteiger partial charge is 0.0708 e. The Balaban J connectivity index is 2.59. The third-order valence-corrected chi connectivity index (χ3v) is 2.71. The van der Waals surface area contributed by atoms with Crippen LogP contribution < -0.4 is 0 Å². The molecule has 1 aromatic heterocycles. The maximum absolute atomic E-state index is 4.22. The van der Waals surface area contributed by atoms with Crippen LogP contribution in [-0.2, 0) is 7.05 Å². The first-order chi connectivity index (χ1) is 6.68. The molecular formula is C11H11BrN2. The van der Waals surface area contributed by atoms with Gasteiger partial charge in [0, 0.05) is 17.1 Å². The maximum Gasteiger partial charge on any atom is 0.0708 e. The fourth-order valence-electron chi connectivity index (χ4n) is 1.60. The van der Waals surface area contributed by atoms with Crippen LogP contribution in [0.1, 0.15) is 5.56 Å². The van der Waals surface area contributed by atoms with E-state index in [4.69, 9.17) is 0 Å². The number of hydrogen-bond acceptors (Lipinski definition) is 1. The molecule has 0 amide bonds. The molecule has 0 saturated carbocycles. The van der Waals surface area contributed by atoms with Crippen molar-refractivity contribution in [2.75, 3.05) is 0 Å². The Labute approximate surface area is 91.7 Å². The first kappa shape index (κ1) is 9.46. The van der Waals surface area contributed by atoms with Gasteiger partial charge in [0.2, 0.25) is 0 Å². The van der Waals surface area contributed by atoms with E-state index in [0.717, 1.165) is 4.47 Å². The maximum atomic E-state index is 4.22. The molecule has 0 N–H and O–H groups in total. The average molecular weight is 251 g/mol. The van der Waals surface area contributed by atoms with Gasteiger partial charge in [0.1, 0.15) is 0 Å². The summed E-state index contributed by atoms with van der Waals surface area (Å²) < 4.78 is 2.99. The predicted octanol–water partition coefficient (Wildman–Crippen LogP) is 3.16. The minimum Gasteiger partial charge on any atom is -0.268 e. The van der Waals surface area contributed by atoms with Gasteiger partial charge in [-0.05, 0) is 24.6 Å². The van der Waals surface area contributed by atoms with Crippen molar-refractivity contribution in [3.63, 3.8) is 0 Å². The Hall–Kier alpha value is -1.09. The molecule has 0 atom stereocenters. The van der Waals surface area contributed by atoms with Crippen LogP contribution in [0.25, 0.3) is 11.3 Å². The second-order valence-electron chi connectivity index (χ2n) is 3.31. The van der Waals surface area contributed by atoms with Gasteiger partial charge in [0.05, 0.1) is 11.9 Å². The summed E-state index contributed by atoms with van der Waals surface area (Å²) in [4.78, 5) is 0. The Morgan fingerprint density at radius 2 is 2.14 bits per heavy atom. The van der Waals surface area contributed by atoms with Crippen molar-refractivity contribution in [2.24, 2.45) is 7.05 Å². The minimum absolute atomic E-state index is 1.09. The zero-order chi connectivity index (χ0) is 10.1. The first-order valence-electron chi connectivity index (χ1n) is 4.43. The Morgan fingerprint density at radius 1 is 1.36 bits per heavy atom. The van der Waals surface area contributed by atoms with E-state index in [9.17, 15) is 0 Å². The summed E-state index contributed by atoms with van der Waals surface area (Å²) in [5.41, 5.74) is 3.56. The second kappa shape index (κ2) is 3.58. The van der Waals surface area contributed by atoms with E-state index in [1.54, 1.807) is 0 Å². The van der Waals surface area contributed by atoms with Crippen molar-refractivity contribution in [2.45, 2.75) is 6.92 Å². The fraction of sp³-hybridized carbons (Fsp3) is 0.182. The number of rotatable bonds is 1. The van der Waals surface area contributed by atoms with Crippen LogP contribution in [0.15, 0.2) is 34.9 Å². The van der Waals surface area contributed by atoms with Gasteiger partial charge in [-0.3, -0.25) is 4.68 Å². The van der Waals surface area contributed by atoms with Crippen molar-refractivity contribution in [1.82, 2.24) is 9.78 Å². The van der Waals surface area contributed by atoms with Gasteiger partial charge in [-0.2, -0.15) is 5.10 Å². The number of halogens is 1. The topological polar surface area (TPSA) is 17.8 Å². The molecule has 0 radical (unpaired) electrons. The average Bonchev–Trinajstić information content (AvgIpc) is 2.46. The Bertz CT molecular complexity index is 441. The Morgan fingerprint density at radius 3 is 2.71 bits per heavy atom. The molecule has 0 unspecified atom stereocenters. The molecule has 0 aliphatic heterocycles. The van der Waals surface area contributed by atoms with Gasteiger partial charge in [-0.1, -0.05) is 28.1 Å². The van der Waals surface area contributed by atoms with Crippen LogP contribution >= 0.6 is 15.9 Å². The zero-order valence-electron chi connectivity index (χ0n) is 8.16. The molecule has 72 valence electrons. The summed E-state index contributed by atoms with van der Waals surface area (Å²) in [6.45, 7) is 2.07. The summed E-state index contributed by atoms with van der Waals surface area (Å²) in [5.74, 6) is 0. The highest BCUT2D eigenvalue weighted by Crippen LogP contribution is 2.24. The summed E-state index contributed by atoms with van der Waals surface area (Å²) in [6, 6.07) is 8.25. The van der Waals surface area contributed by atoms with E-state index >= 15 is 0 Å². The van der Waals surface area contributed by atoms with Crippen LogP contribution in [0, 0.1) is 6.92 Å². The molecule has 0 aliphatic rings. The molecule has 2 rings (SSSR count). The van der Waals surface area contributed by atoms with E-state index in [0.29, 0.717) is 0 Å². The minimum atomic E-state index is 1.09. The normalized spacial score (nSPS) is 10.5.